The van der Waals surface area contributed by atoms with Gasteiger partial charge in [0.05, 0.1) is 5.69 Å². The van der Waals surface area contributed by atoms with E-state index in [9.17, 15) is 0 Å². The number of nitrogens with zero attached hydrogens (tertiary/aromatic N) is 3. The predicted octanol–water partition coefficient (Wildman–Crippen LogP) is 2.33. The van der Waals surface area contributed by atoms with Gasteiger partial charge in [-0.05, 0) is 37.6 Å². The molecule has 0 fully saturated rings. The van der Waals surface area contributed by atoms with Gasteiger partial charge in [-0.2, -0.15) is 5.10 Å². The average molecular weight is 230 g/mol. The fourth-order valence-electron chi connectivity index (χ4n) is 1.76. The predicted molar refractivity (Wildman–Crippen MR) is 68.1 cm³/mol. The Labute approximate surface area is 102 Å². The molecule has 17 heavy (non-hydrogen) atoms. The van der Waals surface area contributed by atoms with E-state index in [1.54, 1.807) is 17.3 Å². The molecule has 2 rings (SSSR count). The molecule has 0 bridgehead atoms. The van der Waals surface area contributed by atoms with E-state index in [4.69, 9.17) is 0 Å². The maximum absolute atomic E-state index is 4.13. The summed E-state index contributed by atoms with van der Waals surface area (Å²) in [6.45, 7) is 5.39. The van der Waals surface area contributed by atoms with Crippen LogP contribution >= 0.6 is 0 Å². The van der Waals surface area contributed by atoms with E-state index >= 15 is 0 Å². The average Bonchev–Trinajstić information content (AvgIpc) is 2.90. The zero-order valence-corrected chi connectivity index (χ0v) is 10.3. The topological polar surface area (TPSA) is 42.7 Å². The van der Waals surface area contributed by atoms with Crippen LogP contribution in [0, 0.1) is 0 Å². The molecular weight excluding hydrogens is 212 g/mol. The molecule has 1 aromatic carbocycles. The molecule has 0 radical (unpaired) electrons. The molecule has 1 N–H and O–H groups in total. The van der Waals surface area contributed by atoms with Crippen molar-refractivity contribution in [1.82, 2.24) is 20.1 Å². The summed E-state index contributed by atoms with van der Waals surface area (Å²) >= 11 is 0. The Balaban J connectivity index is 2.17. The van der Waals surface area contributed by atoms with Crippen molar-refractivity contribution in [1.29, 1.82) is 0 Å². The summed E-state index contributed by atoms with van der Waals surface area (Å²) in [5, 5.41) is 7.61. The van der Waals surface area contributed by atoms with E-state index < -0.39 is 0 Å². The Bertz CT molecular complexity index is 450. The summed E-state index contributed by atoms with van der Waals surface area (Å²) < 4.78 is 1.77. The number of aromatic nitrogens is 3. The minimum absolute atomic E-state index is 0.360. The Morgan fingerprint density at radius 3 is 3.00 bits per heavy atom. The fourth-order valence-corrected chi connectivity index (χ4v) is 1.76. The monoisotopic (exact) mass is 230 g/mol. The highest BCUT2D eigenvalue weighted by Gasteiger charge is 2.05. The van der Waals surface area contributed by atoms with Crippen molar-refractivity contribution in [2.45, 2.75) is 26.3 Å². The zero-order chi connectivity index (χ0) is 12.1. The first-order valence-corrected chi connectivity index (χ1v) is 5.99. The summed E-state index contributed by atoms with van der Waals surface area (Å²) in [7, 11) is 0. The van der Waals surface area contributed by atoms with E-state index in [-0.39, 0.29) is 0 Å². The summed E-state index contributed by atoms with van der Waals surface area (Å²) in [6, 6.07) is 8.72. The van der Waals surface area contributed by atoms with Crippen LogP contribution in [0.15, 0.2) is 36.9 Å². The van der Waals surface area contributed by atoms with Crippen LogP contribution < -0.4 is 5.32 Å². The molecule has 1 atom stereocenters. The SMILES string of the molecule is CCCNC(C)c1cccc(-n2cncn2)c1. The lowest BCUT2D eigenvalue weighted by molar-refractivity contribution is 0.570. The minimum Gasteiger partial charge on any atom is -0.310 e. The van der Waals surface area contributed by atoms with Gasteiger partial charge in [-0.15, -0.1) is 0 Å². The molecule has 1 unspecified atom stereocenters. The minimum atomic E-state index is 0.360. The van der Waals surface area contributed by atoms with Crippen LogP contribution in [0.25, 0.3) is 5.69 Å². The van der Waals surface area contributed by atoms with Crippen LogP contribution in [-0.4, -0.2) is 21.3 Å². The van der Waals surface area contributed by atoms with Crippen LogP contribution in [0.1, 0.15) is 31.9 Å². The first-order chi connectivity index (χ1) is 8.31. The van der Waals surface area contributed by atoms with Gasteiger partial charge in [0.15, 0.2) is 0 Å². The van der Waals surface area contributed by atoms with Gasteiger partial charge in [-0.3, -0.25) is 0 Å². The summed E-state index contributed by atoms with van der Waals surface area (Å²) in [5.41, 5.74) is 2.32. The van der Waals surface area contributed by atoms with Crippen molar-refractivity contribution in [2.24, 2.45) is 0 Å². The molecule has 0 spiro atoms. The largest absolute Gasteiger partial charge is 0.310 e. The maximum atomic E-state index is 4.13. The van der Waals surface area contributed by atoms with Gasteiger partial charge >= 0.3 is 0 Å². The third-order valence-electron chi connectivity index (χ3n) is 2.75. The fraction of sp³-hybridized carbons (Fsp3) is 0.385. The second-order valence-electron chi connectivity index (χ2n) is 4.11. The lowest BCUT2D eigenvalue weighted by atomic mass is 10.1. The van der Waals surface area contributed by atoms with E-state index in [0.717, 1.165) is 18.7 Å². The van der Waals surface area contributed by atoms with Crippen molar-refractivity contribution in [3.8, 4) is 5.69 Å². The molecular formula is C13H18N4. The lowest BCUT2D eigenvalue weighted by Gasteiger charge is -2.14. The van der Waals surface area contributed by atoms with Crippen molar-refractivity contribution in [2.75, 3.05) is 6.54 Å². The van der Waals surface area contributed by atoms with E-state index in [1.165, 1.54) is 5.56 Å². The van der Waals surface area contributed by atoms with Gasteiger partial charge in [0.2, 0.25) is 0 Å². The number of rotatable bonds is 5. The van der Waals surface area contributed by atoms with Gasteiger partial charge in [-0.25, -0.2) is 9.67 Å². The van der Waals surface area contributed by atoms with E-state index in [2.05, 4.69) is 47.4 Å². The molecule has 1 heterocycles. The second-order valence-corrected chi connectivity index (χ2v) is 4.11. The highest BCUT2D eigenvalue weighted by Crippen LogP contribution is 2.16. The van der Waals surface area contributed by atoms with Crippen LogP contribution in [-0.2, 0) is 0 Å². The maximum Gasteiger partial charge on any atom is 0.138 e. The van der Waals surface area contributed by atoms with Gasteiger partial charge in [-0.1, -0.05) is 19.1 Å². The van der Waals surface area contributed by atoms with E-state index in [0.29, 0.717) is 6.04 Å². The third kappa shape index (κ3) is 2.91. The molecule has 1 aromatic heterocycles. The molecule has 4 heteroatoms. The smallest absolute Gasteiger partial charge is 0.138 e. The molecule has 0 saturated carbocycles. The summed E-state index contributed by atoms with van der Waals surface area (Å²) in [6.07, 6.45) is 4.40. The molecule has 0 amide bonds. The van der Waals surface area contributed by atoms with Crippen molar-refractivity contribution in [3.63, 3.8) is 0 Å². The molecule has 0 aliphatic rings. The van der Waals surface area contributed by atoms with Gasteiger partial charge in [0.25, 0.3) is 0 Å². The zero-order valence-electron chi connectivity index (χ0n) is 10.3. The first-order valence-electron chi connectivity index (χ1n) is 5.99. The van der Waals surface area contributed by atoms with Crippen LogP contribution in [0.2, 0.25) is 0 Å². The molecule has 0 aliphatic carbocycles. The number of benzene rings is 1. The Morgan fingerprint density at radius 2 is 2.29 bits per heavy atom. The normalized spacial score (nSPS) is 12.6. The third-order valence-corrected chi connectivity index (χ3v) is 2.75. The van der Waals surface area contributed by atoms with E-state index in [1.807, 2.05) is 6.07 Å². The molecule has 0 saturated heterocycles. The highest BCUT2D eigenvalue weighted by molar-refractivity contribution is 5.35. The summed E-state index contributed by atoms with van der Waals surface area (Å²) in [4.78, 5) is 3.96. The quantitative estimate of drug-likeness (QED) is 0.857. The Kier molecular flexibility index (Phi) is 3.88. The first kappa shape index (κ1) is 11.8. The molecule has 2 aromatic rings. The number of hydrogen-bond donors (Lipinski definition) is 1. The van der Waals surface area contributed by atoms with Crippen LogP contribution in [0.3, 0.4) is 0 Å². The van der Waals surface area contributed by atoms with Crippen LogP contribution in [0.4, 0.5) is 0 Å². The number of hydrogen-bond acceptors (Lipinski definition) is 3. The van der Waals surface area contributed by atoms with Crippen molar-refractivity contribution >= 4 is 0 Å². The Hall–Kier alpha value is -1.68. The summed E-state index contributed by atoms with van der Waals surface area (Å²) in [5.74, 6) is 0. The standard InChI is InChI=1S/C13H18N4/c1-3-7-15-11(2)12-5-4-6-13(8-12)17-10-14-9-16-17/h4-6,8-11,15H,3,7H2,1-2H3. The molecule has 0 aliphatic heterocycles. The highest BCUT2D eigenvalue weighted by atomic mass is 15.3. The second kappa shape index (κ2) is 5.59. The number of nitrogens with one attached hydrogen (secondary N) is 1. The van der Waals surface area contributed by atoms with Crippen molar-refractivity contribution in [3.05, 3.63) is 42.5 Å². The molecule has 4 nitrogen and oxygen atoms in total. The van der Waals surface area contributed by atoms with Gasteiger partial charge in [0.1, 0.15) is 12.7 Å². The van der Waals surface area contributed by atoms with Crippen molar-refractivity contribution < 1.29 is 0 Å². The Morgan fingerprint density at radius 1 is 1.41 bits per heavy atom. The van der Waals surface area contributed by atoms with Crippen LogP contribution in [0.5, 0.6) is 0 Å². The lowest BCUT2D eigenvalue weighted by Crippen LogP contribution is -2.19. The van der Waals surface area contributed by atoms with Gasteiger partial charge < -0.3 is 5.32 Å². The molecule has 90 valence electrons. The van der Waals surface area contributed by atoms with Gasteiger partial charge in [0, 0.05) is 6.04 Å².